The average Bonchev–Trinajstić information content (AvgIpc) is 2.43. The van der Waals surface area contributed by atoms with Gasteiger partial charge in [-0.15, -0.1) is 0 Å². The molecule has 0 unspecified atom stereocenters. The van der Waals surface area contributed by atoms with Gasteiger partial charge in [-0.2, -0.15) is 4.31 Å². The van der Waals surface area contributed by atoms with E-state index in [1.54, 1.807) is 0 Å². The highest BCUT2D eigenvalue weighted by molar-refractivity contribution is 7.89. The normalized spacial score (nSPS) is 11.4. The minimum atomic E-state index is -4.10. The van der Waals surface area contributed by atoms with Crippen LogP contribution in [0.3, 0.4) is 0 Å². The van der Waals surface area contributed by atoms with E-state index in [4.69, 9.17) is 15.6 Å². The molecule has 0 aliphatic carbocycles. The smallest absolute Gasteiger partial charge is 0.335 e. The van der Waals surface area contributed by atoms with E-state index in [2.05, 4.69) is 0 Å². The first-order valence-electron chi connectivity index (χ1n) is 5.93. The van der Waals surface area contributed by atoms with Crippen molar-refractivity contribution in [3.8, 4) is 5.75 Å². The van der Waals surface area contributed by atoms with E-state index in [-0.39, 0.29) is 22.8 Å². The van der Waals surface area contributed by atoms with Gasteiger partial charge in [-0.25, -0.2) is 13.2 Å². The number of likely N-dealkylation sites (N-methyl/N-ethyl adjacent to an activating group) is 1. The first-order valence-corrected chi connectivity index (χ1v) is 7.37. The van der Waals surface area contributed by atoms with E-state index in [9.17, 15) is 18.0 Å². The predicted octanol–water partition coefficient (Wildman–Crippen LogP) is -0.111. The van der Waals surface area contributed by atoms with Crippen molar-refractivity contribution < 1.29 is 27.9 Å². The molecule has 1 amide bonds. The molecule has 9 heteroatoms. The van der Waals surface area contributed by atoms with Crippen molar-refractivity contribution in [3.63, 3.8) is 0 Å². The topological polar surface area (TPSA) is 127 Å². The molecule has 0 saturated heterocycles. The number of rotatable bonds is 7. The number of nitrogens with zero attached hydrogens (tertiary/aromatic N) is 1. The maximum atomic E-state index is 12.5. The third-order valence-corrected chi connectivity index (χ3v) is 4.66. The Morgan fingerprint density at radius 1 is 1.38 bits per heavy atom. The van der Waals surface area contributed by atoms with Crippen LogP contribution < -0.4 is 10.5 Å². The third kappa shape index (κ3) is 3.70. The fourth-order valence-electron chi connectivity index (χ4n) is 1.69. The Morgan fingerprint density at radius 3 is 2.43 bits per heavy atom. The number of hydrogen-bond acceptors (Lipinski definition) is 5. The van der Waals surface area contributed by atoms with Crippen LogP contribution in [0.4, 0.5) is 0 Å². The second-order valence-corrected chi connectivity index (χ2v) is 5.97. The number of primary amides is 1. The number of ether oxygens (including phenoxy) is 1. The summed E-state index contributed by atoms with van der Waals surface area (Å²) in [7, 11) is -2.84. The molecule has 1 aromatic carbocycles. The van der Waals surface area contributed by atoms with Crippen LogP contribution >= 0.6 is 0 Å². The fourth-order valence-corrected chi connectivity index (χ4v) is 3.29. The third-order valence-electron chi connectivity index (χ3n) is 2.71. The van der Waals surface area contributed by atoms with Gasteiger partial charge in [-0.3, -0.25) is 4.79 Å². The maximum absolute atomic E-state index is 12.5. The van der Waals surface area contributed by atoms with Gasteiger partial charge in [-0.1, -0.05) is 6.92 Å². The molecule has 0 radical (unpaired) electrons. The number of sulfonamides is 1. The molecule has 0 aliphatic heterocycles. The van der Waals surface area contributed by atoms with Crippen LogP contribution in [-0.2, 0) is 14.8 Å². The molecule has 0 saturated carbocycles. The van der Waals surface area contributed by atoms with Crippen LogP contribution in [0.15, 0.2) is 23.1 Å². The molecule has 0 fully saturated rings. The summed E-state index contributed by atoms with van der Waals surface area (Å²) in [5.41, 5.74) is 4.82. The fraction of sp³-hybridized carbons (Fsp3) is 0.333. The average molecular weight is 316 g/mol. The molecule has 0 atom stereocenters. The van der Waals surface area contributed by atoms with E-state index < -0.39 is 28.4 Å². The number of carbonyl (C=O) groups excluding carboxylic acids is 1. The van der Waals surface area contributed by atoms with Gasteiger partial charge in [0, 0.05) is 6.54 Å². The molecule has 0 aliphatic rings. The molecule has 116 valence electrons. The highest BCUT2D eigenvalue weighted by Gasteiger charge is 2.28. The van der Waals surface area contributed by atoms with Gasteiger partial charge < -0.3 is 15.6 Å². The van der Waals surface area contributed by atoms with E-state index >= 15 is 0 Å². The van der Waals surface area contributed by atoms with Crippen LogP contribution in [0, 0.1) is 0 Å². The minimum absolute atomic E-state index is 0.00568. The molecule has 0 spiro atoms. The molecule has 8 nitrogen and oxygen atoms in total. The summed E-state index contributed by atoms with van der Waals surface area (Å²) in [6, 6.07) is 3.46. The largest absolute Gasteiger partial charge is 0.495 e. The molecular formula is C12H16N2O6S. The van der Waals surface area contributed by atoms with Gasteiger partial charge >= 0.3 is 5.97 Å². The van der Waals surface area contributed by atoms with Gasteiger partial charge in [0.1, 0.15) is 10.6 Å². The van der Waals surface area contributed by atoms with E-state index in [0.717, 1.165) is 10.4 Å². The lowest BCUT2D eigenvalue weighted by atomic mass is 10.2. The number of amides is 1. The van der Waals surface area contributed by atoms with Crippen LogP contribution in [0.1, 0.15) is 17.3 Å². The van der Waals surface area contributed by atoms with Gasteiger partial charge in [0.2, 0.25) is 15.9 Å². The van der Waals surface area contributed by atoms with Gasteiger partial charge in [0.25, 0.3) is 0 Å². The second-order valence-electron chi connectivity index (χ2n) is 4.07. The van der Waals surface area contributed by atoms with Gasteiger partial charge in [0.05, 0.1) is 19.2 Å². The number of hydrogen-bond donors (Lipinski definition) is 2. The maximum Gasteiger partial charge on any atom is 0.335 e. The summed E-state index contributed by atoms with van der Waals surface area (Å²) >= 11 is 0. The Hall–Kier alpha value is -2.13. The lowest BCUT2D eigenvalue weighted by Gasteiger charge is -2.20. The number of nitrogens with two attached hydrogens (primary N) is 1. The Bertz CT molecular complexity index is 656. The van der Waals surface area contributed by atoms with Crippen LogP contribution in [0.5, 0.6) is 5.75 Å². The van der Waals surface area contributed by atoms with Crippen molar-refractivity contribution in [1.29, 1.82) is 0 Å². The van der Waals surface area contributed by atoms with Crippen molar-refractivity contribution in [2.75, 3.05) is 20.2 Å². The van der Waals surface area contributed by atoms with E-state index in [1.807, 2.05) is 0 Å². The monoisotopic (exact) mass is 316 g/mol. The summed E-state index contributed by atoms with van der Waals surface area (Å²) < 4.78 is 30.8. The number of carbonyl (C=O) groups is 2. The first-order chi connectivity index (χ1) is 9.73. The predicted molar refractivity (Wildman–Crippen MR) is 73.6 cm³/mol. The summed E-state index contributed by atoms with van der Waals surface area (Å²) in [5, 5.41) is 8.96. The molecule has 21 heavy (non-hydrogen) atoms. The van der Waals surface area contributed by atoms with Crippen molar-refractivity contribution >= 4 is 21.9 Å². The minimum Gasteiger partial charge on any atom is -0.495 e. The Kier molecular flexibility index (Phi) is 5.28. The van der Waals surface area contributed by atoms with Gasteiger partial charge in [-0.05, 0) is 18.2 Å². The van der Waals surface area contributed by atoms with Crippen molar-refractivity contribution in [3.05, 3.63) is 23.8 Å². The standard InChI is InChI=1S/C12H16N2O6S/c1-3-14(7-11(13)15)21(18,19)10-6-8(12(16)17)4-5-9(10)20-2/h4-6H,3,7H2,1-2H3,(H2,13,15)(H,16,17). The van der Waals surface area contributed by atoms with Crippen LogP contribution in [0.25, 0.3) is 0 Å². The zero-order valence-corrected chi connectivity index (χ0v) is 12.4. The van der Waals surface area contributed by atoms with Crippen LogP contribution in [-0.4, -0.2) is 49.9 Å². The zero-order valence-electron chi connectivity index (χ0n) is 11.6. The van der Waals surface area contributed by atoms with Crippen molar-refractivity contribution in [1.82, 2.24) is 4.31 Å². The SMILES string of the molecule is CCN(CC(N)=O)S(=O)(=O)c1cc(C(=O)O)ccc1OC. The Balaban J connectivity index is 3.43. The van der Waals surface area contributed by atoms with E-state index in [0.29, 0.717) is 0 Å². The number of carboxylic acid groups (broad SMARTS) is 1. The van der Waals surface area contributed by atoms with Crippen LogP contribution in [0.2, 0.25) is 0 Å². The Morgan fingerprint density at radius 2 is 2.00 bits per heavy atom. The molecular weight excluding hydrogens is 300 g/mol. The molecule has 0 heterocycles. The molecule has 1 aromatic rings. The lowest BCUT2D eigenvalue weighted by molar-refractivity contribution is -0.118. The summed E-state index contributed by atoms with van der Waals surface area (Å²) in [5.74, 6) is -2.09. The van der Waals surface area contributed by atoms with E-state index in [1.165, 1.54) is 26.2 Å². The van der Waals surface area contributed by atoms with Gasteiger partial charge in [0.15, 0.2) is 0 Å². The molecule has 1 rings (SSSR count). The summed E-state index contributed by atoms with van der Waals surface area (Å²) in [4.78, 5) is 21.6. The first kappa shape index (κ1) is 16.9. The number of carboxylic acids is 1. The number of benzene rings is 1. The summed E-state index contributed by atoms with van der Waals surface area (Å²) in [6.07, 6.45) is 0. The number of aromatic carboxylic acids is 1. The number of methoxy groups -OCH3 is 1. The van der Waals surface area contributed by atoms with Crippen molar-refractivity contribution in [2.24, 2.45) is 5.73 Å². The Labute approximate surface area is 122 Å². The molecule has 0 bridgehead atoms. The summed E-state index contributed by atoms with van der Waals surface area (Å²) in [6.45, 7) is 1.04. The quantitative estimate of drug-likeness (QED) is 0.722. The lowest BCUT2D eigenvalue weighted by Crippen LogP contribution is -2.38. The zero-order chi connectivity index (χ0) is 16.2. The molecule has 0 aromatic heterocycles. The van der Waals surface area contributed by atoms with Crippen molar-refractivity contribution in [2.45, 2.75) is 11.8 Å². The second kappa shape index (κ2) is 6.55. The molecule has 3 N–H and O–H groups in total. The highest BCUT2D eigenvalue weighted by Crippen LogP contribution is 2.27. The highest BCUT2D eigenvalue weighted by atomic mass is 32.2.